The molecule has 0 saturated carbocycles. The van der Waals surface area contributed by atoms with Crippen LogP contribution in [0.1, 0.15) is 39.5 Å². The molecule has 2 N–H and O–H groups in total. The Hall–Kier alpha value is -0.780. The first-order valence-corrected chi connectivity index (χ1v) is 5.83. The predicted molar refractivity (Wildman–Crippen MR) is 58.3 cm³/mol. The van der Waals surface area contributed by atoms with Crippen LogP contribution >= 0.6 is 0 Å². The number of ether oxygens (including phenoxy) is 1. The maximum absolute atomic E-state index is 12.5. The lowest BCUT2D eigenvalue weighted by Crippen LogP contribution is -2.47. The highest BCUT2D eigenvalue weighted by atomic mass is 19.4. The normalized spacial score (nSPS) is 15.4. The average molecular weight is 255 g/mol. The third kappa shape index (κ3) is 5.91. The van der Waals surface area contributed by atoms with E-state index >= 15 is 0 Å². The van der Waals surface area contributed by atoms with E-state index in [-0.39, 0.29) is 13.0 Å². The lowest BCUT2D eigenvalue weighted by Gasteiger charge is -2.24. The van der Waals surface area contributed by atoms with Gasteiger partial charge in [0.15, 0.2) is 0 Å². The highest BCUT2D eigenvalue weighted by molar-refractivity contribution is 5.73. The van der Waals surface area contributed by atoms with Crippen LogP contribution in [0.2, 0.25) is 0 Å². The largest absolute Gasteiger partial charge is 0.466 e. The molecule has 0 aliphatic carbocycles. The van der Waals surface area contributed by atoms with Crippen molar-refractivity contribution in [2.45, 2.75) is 51.7 Å². The Morgan fingerprint density at radius 3 is 2.29 bits per heavy atom. The first-order valence-electron chi connectivity index (χ1n) is 5.83. The standard InChI is InChI=1S/C11H20F3NO2/c1-3-5-6-7-8(10(16)17-4-2)9(15)11(12,13)14/h8-9H,3-7,15H2,1-2H3/t8-,9-/m0/s1. The Kier molecular flexibility index (Phi) is 7.18. The zero-order valence-corrected chi connectivity index (χ0v) is 10.2. The quantitative estimate of drug-likeness (QED) is 0.562. The molecular weight excluding hydrogens is 235 g/mol. The highest BCUT2D eigenvalue weighted by Gasteiger charge is 2.45. The van der Waals surface area contributed by atoms with Crippen molar-refractivity contribution < 1.29 is 22.7 Å². The Bertz CT molecular complexity index is 231. The number of rotatable bonds is 7. The summed E-state index contributed by atoms with van der Waals surface area (Å²) >= 11 is 0. The molecule has 102 valence electrons. The van der Waals surface area contributed by atoms with Gasteiger partial charge in [-0.1, -0.05) is 26.2 Å². The third-order valence-corrected chi connectivity index (χ3v) is 2.52. The first-order chi connectivity index (χ1) is 7.84. The highest BCUT2D eigenvalue weighted by Crippen LogP contribution is 2.28. The van der Waals surface area contributed by atoms with Crippen molar-refractivity contribution in [1.29, 1.82) is 0 Å². The monoisotopic (exact) mass is 255 g/mol. The van der Waals surface area contributed by atoms with E-state index < -0.39 is 24.1 Å². The van der Waals surface area contributed by atoms with Gasteiger partial charge in [-0.05, 0) is 13.3 Å². The summed E-state index contributed by atoms with van der Waals surface area (Å²) in [6, 6.07) is -2.14. The second-order valence-corrected chi connectivity index (χ2v) is 3.92. The molecule has 0 fully saturated rings. The molecule has 0 amide bonds. The lowest BCUT2D eigenvalue weighted by atomic mass is 9.93. The van der Waals surface area contributed by atoms with Crippen LogP contribution in [0.5, 0.6) is 0 Å². The number of unbranched alkanes of at least 4 members (excludes halogenated alkanes) is 2. The fourth-order valence-corrected chi connectivity index (χ4v) is 1.54. The van der Waals surface area contributed by atoms with Crippen molar-refractivity contribution in [3.8, 4) is 0 Å². The topological polar surface area (TPSA) is 52.3 Å². The molecule has 0 rings (SSSR count). The van der Waals surface area contributed by atoms with Crippen molar-refractivity contribution in [2.24, 2.45) is 11.7 Å². The zero-order valence-electron chi connectivity index (χ0n) is 10.2. The van der Waals surface area contributed by atoms with E-state index in [4.69, 9.17) is 5.73 Å². The van der Waals surface area contributed by atoms with Crippen LogP contribution in [0.4, 0.5) is 13.2 Å². The van der Waals surface area contributed by atoms with Crippen LogP contribution in [-0.2, 0) is 9.53 Å². The Morgan fingerprint density at radius 1 is 1.29 bits per heavy atom. The number of alkyl halides is 3. The van der Waals surface area contributed by atoms with Crippen molar-refractivity contribution in [2.75, 3.05) is 6.61 Å². The SMILES string of the molecule is CCCCC[C@H](C(=O)OCC)[C@H](N)C(F)(F)F. The first kappa shape index (κ1) is 16.2. The molecular formula is C11H20F3NO2. The van der Waals surface area contributed by atoms with Gasteiger partial charge < -0.3 is 10.5 Å². The maximum Gasteiger partial charge on any atom is 0.404 e. The minimum Gasteiger partial charge on any atom is -0.466 e. The van der Waals surface area contributed by atoms with Crippen LogP contribution in [-0.4, -0.2) is 24.8 Å². The summed E-state index contributed by atoms with van der Waals surface area (Å²) < 4.78 is 42.1. The number of halogens is 3. The van der Waals surface area contributed by atoms with Crippen LogP contribution in [0.3, 0.4) is 0 Å². The van der Waals surface area contributed by atoms with Gasteiger partial charge in [0.1, 0.15) is 6.04 Å². The average Bonchev–Trinajstić information content (AvgIpc) is 2.22. The fraction of sp³-hybridized carbons (Fsp3) is 0.909. The molecule has 6 heteroatoms. The molecule has 2 atom stereocenters. The molecule has 0 spiro atoms. The maximum atomic E-state index is 12.5. The summed E-state index contributed by atoms with van der Waals surface area (Å²) in [7, 11) is 0. The zero-order chi connectivity index (χ0) is 13.5. The van der Waals surface area contributed by atoms with E-state index in [1.54, 1.807) is 6.92 Å². The van der Waals surface area contributed by atoms with E-state index in [1.807, 2.05) is 6.92 Å². The van der Waals surface area contributed by atoms with E-state index in [0.717, 1.165) is 12.8 Å². The summed E-state index contributed by atoms with van der Waals surface area (Å²) in [5, 5.41) is 0. The smallest absolute Gasteiger partial charge is 0.404 e. The van der Waals surface area contributed by atoms with E-state index in [0.29, 0.717) is 6.42 Å². The molecule has 0 saturated heterocycles. The molecule has 0 aliphatic rings. The third-order valence-electron chi connectivity index (χ3n) is 2.52. The van der Waals surface area contributed by atoms with E-state index in [1.165, 1.54) is 0 Å². The number of carbonyl (C=O) groups excluding carboxylic acids is 1. The molecule has 0 bridgehead atoms. The van der Waals surface area contributed by atoms with Gasteiger partial charge in [-0.25, -0.2) is 0 Å². The van der Waals surface area contributed by atoms with Crippen LogP contribution < -0.4 is 5.73 Å². The molecule has 0 aromatic rings. The Morgan fingerprint density at radius 2 is 1.88 bits per heavy atom. The van der Waals surface area contributed by atoms with Gasteiger partial charge in [0.25, 0.3) is 0 Å². The number of hydrogen-bond acceptors (Lipinski definition) is 3. The van der Waals surface area contributed by atoms with Gasteiger partial charge in [-0.15, -0.1) is 0 Å². The van der Waals surface area contributed by atoms with Crippen LogP contribution in [0.25, 0.3) is 0 Å². The summed E-state index contributed by atoms with van der Waals surface area (Å²) in [4.78, 5) is 11.4. The minimum absolute atomic E-state index is 0.0632. The minimum atomic E-state index is -4.57. The molecule has 0 aromatic carbocycles. The van der Waals surface area contributed by atoms with Gasteiger partial charge >= 0.3 is 12.1 Å². The van der Waals surface area contributed by atoms with Crippen LogP contribution in [0.15, 0.2) is 0 Å². The van der Waals surface area contributed by atoms with Crippen molar-refractivity contribution >= 4 is 5.97 Å². The van der Waals surface area contributed by atoms with Gasteiger partial charge in [-0.3, -0.25) is 4.79 Å². The fourth-order valence-electron chi connectivity index (χ4n) is 1.54. The van der Waals surface area contributed by atoms with Crippen molar-refractivity contribution in [1.82, 2.24) is 0 Å². The number of esters is 1. The summed E-state index contributed by atoms with van der Waals surface area (Å²) in [6.07, 6.45) is -2.25. The van der Waals surface area contributed by atoms with Crippen LogP contribution in [0, 0.1) is 5.92 Å². The van der Waals surface area contributed by atoms with Gasteiger partial charge in [-0.2, -0.15) is 13.2 Å². The predicted octanol–water partition coefficient (Wildman–Crippen LogP) is 2.64. The molecule has 0 radical (unpaired) electrons. The molecule has 17 heavy (non-hydrogen) atoms. The number of carbonyl (C=O) groups is 1. The van der Waals surface area contributed by atoms with E-state index in [2.05, 4.69) is 4.74 Å². The number of nitrogens with two attached hydrogens (primary N) is 1. The Labute approximate surface area is 99.5 Å². The van der Waals surface area contributed by atoms with Gasteiger partial charge in [0.05, 0.1) is 12.5 Å². The lowest BCUT2D eigenvalue weighted by molar-refractivity contribution is -0.176. The summed E-state index contributed by atoms with van der Waals surface area (Å²) in [5.74, 6) is -2.14. The van der Waals surface area contributed by atoms with Crippen molar-refractivity contribution in [3.05, 3.63) is 0 Å². The molecule has 3 nitrogen and oxygen atoms in total. The molecule has 0 aliphatic heterocycles. The second-order valence-electron chi connectivity index (χ2n) is 3.92. The van der Waals surface area contributed by atoms with Gasteiger partial charge in [0, 0.05) is 0 Å². The summed E-state index contributed by atoms with van der Waals surface area (Å²) in [6.45, 7) is 3.55. The van der Waals surface area contributed by atoms with Crippen molar-refractivity contribution in [3.63, 3.8) is 0 Å². The molecule has 0 heterocycles. The van der Waals surface area contributed by atoms with E-state index in [9.17, 15) is 18.0 Å². The van der Waals surface area contributed by atoms with Gasteiger partial charge in [0.2, 0.25) is 0 Å². The summed E-state index contributed by atoms with van der Waals surface area (Å²) in [5.41, 5.74) is 5.08. The second kappa shape index (κ2) is 7.53. The Balaban J connectivity index is 4.54. The molecule has 0 aromatic heterocycles. The molecule has 0 unspecified atom stereocenters. The number of hydrogen-bond donors (Lipinski definition) is 1.